The fourth-order valence-electron chi connectivity index (χ4n) is 5.22. The van der Waals surface area contributed by atoms with Gasteiger partial charge in [0.25, 0.3) is 0 Å². The second-order valence-corrected chi connectivity index (χ2v) is 10.6. The van der Waals surface area contributed by atoms with E-state index in [-0.39, 0.29) is 18.3 Å². The van der Waals surface area contributed by atoms with Crippen molar-refractivity contribution < 1.29 is 19.0 Å². The lowest BCUT2D eigenvalue weighted by atomic mass is 9.75. The van der Waals surface area contributed by atoms with Gasteiger partial charge in [-0.05, 0) is 35.8 Å². The highest BCUT2D eigenvalue weighted by Crippen LogP contribution is 2.47. The first-order valence-electron chi connectivity index (χ1n) is 12.9. The molecule has 4 heteroatoms. The highest BCUT2D eigenvalue weighted by Gasteiger charge is 2.47. The van der Waals surface area contributed by atoms with Crippen LogP contribution in [0.3, 0.4) is 0 Å². The van der Waals surface area contributed by atoms with E-state index < -0.39 is 5.41 Å². The lowest BCUT2D eigenvalue weighted by Gasteiger charge is -2.42. The van der Waals surface area contributed by atoms with Crippen LogP contribution in [0.5, 0.6) is 0 Å². The number of Topliss-reactive ketones (excluding diaryl/α,β-unsaturated/α-hetero) is 1. The standard InChI is InChI=1S/C30H40O4/c1-4-24-17-26(24)27(33-21-23-13-9-6-10-14-23)18-25-19-28(31)30(2,3)29(34-25)15-16-32-20-22-11-7-5-8-12-22/h5-14,24-27,29H,4,15-21H2,1-3H3/t24-,25-,26-,27+,29+/m1/s1. The van der Waals surface area contributed by atoms with E-state index >= 15 is 0 Å². The van der Waals surface area contributed by atoms with Gasteiger partial charge in [-0.3, -0.25) is 4.79 Å². The van der Waals surface area contributed by atoms with E-state index in [9.17, 15) is 4.79 Å². The van der Waals surface area contributed by atoms with Crippen LogP contribution in [0.25, 0.3) is 0 Å². The first-order chi connectivity index (χ1) is 16.5. The molecule has 1 heterocycles. The van der Waals surface area contributed by atoms with E-state index in [0.717, 1.165) is 24.3 Å². The zero-order chi connectivity index (χ0) is 24.0. The van der Waals surface area contributed by atoms with Crippen LogP contribution in [0.15, 0.2) is 60.7 Å². The van der Waals surface area contributed by atoms with Crippen molar-refractivity contribution >= 4 is 5.78 Å². The van der Waals surface area contributed by atoms with E-state index in [1.54, 1.807) is 0 Å². The Morgan fingerprint density at radius 3 is 2.26 bits per heavy atom. The van der Waals surface area contributed by atoms with Crippen molar-refractivity contribution in [3.05, 3.63) is 71.8 Å². The van der Waals surface area contributed by atoms with Gasteiger partial charge in [0.2, 0.25) is 0 Å². The molecule has 1 saturated heterocycles. The van der Waals surface area contributed by atoms with Crippen LogP contribution in [0.2, 0.25) is 0 Å². The maximum Gasteiger partial charge on any atom is 0.143 e. The number of benzene rings is 2. The minimum atomic E-state index is -0.488. The lowest BCUT2D eigenvalue weighted by Crippen LogP contribution is -2.49. The predicted octanol–water partition coefficient (Wildman–Crippen LogP) is 6.37. The molecule has 2 aromatic rings. The molecule has 0 radical (unpaired) electrons. The molecule has 4 nitrogen and oxygen atoms in total. The van der Waals surface area contributed by atoms with Crippen molar-refractivity contribution in [1.29, 1.82) is 0 Å². The Morgan fingerprint density at radius 2 is 1.65 bits per heavy atom. The number of hydrogen-bond donors (Lipinski definition) is 0. The highest BCUT2D eigenvalue weighted by molar-refractivity contribution is 5.85. The molecule has 1 saturated carbocycles. The Kier molecular flexibility index (Phi) is 8.57. The molecule has 2 aliphatic rings. The third-order valence-corrected chi connectivity index (χ3v) is 7.71. The molecule has 0 spiro atoms. The average molecular weight is 465 g/mol. The largest absolute Gasteiger partial charge is 0.377 e. The Morgan fingerprint density at radius 1 is 1.00 bits per heavy atom. The third kappa shape index (κ3) is 6.56. The fourth-order valence-corrected chi connectivity index (χ4v) is 5.22. The Labute approximate surface area is 205 Å². The summed E-state index contributed by atoms with van der Waals surface area (Å²) in [5, 5.41) is 0. The van der Waals surface area contributed by atoms with E-state index in [2.05, 4.69) is 43.3 Å². The van der Waals surface area contributed by atoms with Gasteiger partial charge in [-0.15, -0.1) is 0 Å². The molecule has 0 amide bonds. The smallest absolute Gasteiger partial charge is 0.143 e. The maximum atomic E-state index is 13.1. The van der Waals surface area contributed by atoms with E-state index in [1.165, 1.54) is 18.4 Å². The molecule has 1 aliphatic carbocycles. The zero-order valence-corrected chi connectivity index (χ0v) is 21.0. The van der Waals surface area contributed by atoms with Gasteiger partial charge in [0.05, 0.1) is 31.5 Å². The van der Waals surface area contributed by atoms with E-state index in [1.807, 2.05) is 38.1 Å². The van der Waals surface area contributed by atoms with Crippen molar-refractivity contribution in [2.45, 2.75) is 84.4 Å². The topological polar surface area (TPSA) is 44.8 Å². The molecular weight excluding hydrogens is 424 g/mol. The Bertz CT molecular complexity index is 895. The summed E-state index contributed by atoms with van der Waals surface area (Å²) < 4.78 is 18.9. The van der Waals surface area contributed by atoms with Crippen LogP contribution < -0.4 is 0 Å². The normalized spacial score (nSPS) is 26.9. The predicted molar refractivity (Wildman–Crippen MR) is 134 cm³/mol. The van der Waals surface area contributed by atoms with Crippen LogP contribution in [-0.4, -0.2) is 30.7 Å². The lowest BCUT2D eigenvalue weighted by molar-refractivity contribution is -0.167. The van der Waals surface area contributed by atoms with Crippen LogP contribution in [0, 0.1) is 17.3 Å². The van der Waals surface area contributed by atoms with Crippen molar-refractivity contribution in [2.24, 2.45) is 17.3 Å². The Balaban J connectivity index is 1.33. The van der Waals surface area contributed by atoms with Gasteiger partial charge in [0.15, 0.2) is 0 Å². The molecular formula is C30H40O4. The number of ether oxygens (including phenoxy) is 3. The third-order valence-electron chi connectivity index (χ3n) is 7.71. The quantitative estimate of drug-likeness (QED) is 0.343. The highest BCUT2D eigenvalue weighted by atomic mass is 16.5. The van der Waals surface area contributed by atoms with Crippen molar-refractivity contribution in [1.82, 2.24) is 0 Å². The molecule has 5 atom stereocenters. The van der Waals surface area contributed by atoms with Crippen LogP contribution in [0.1, 0.15) is 64.0 Å². The van der Waals surface area contributed by atoms with Gasteiger partial charge in [-0.1, -0.05) is 87.9 Å². The summed E-state index contributed by atoms with van der Waals surface area (Å²) in [6, 6.07) is 20.5. The molecule has 2 aromatic carbocycles. The van der Waals surface area contributed by atoms with Crippen molar-refractivity contribution in [2.75, 3.05) is 6.61 Å². The number of carbonyl (C=O) groups is 1. The summed E-state index contributed by atoms with van der Waals surface area (Å²) in [6.07, 6.45) is 4.31. The molecule has 0 N–H and O–H groups in total. The molecule has 184 valence electrons. The number of ketones is 1. The molecule has 1 aliphatic heterocycles. The SMILES string of the molecule is CC[C@@H]1C[C@H]1[C@H](C[C@@H]1CC(=O)C(C)(C)[C@H](CCOCc2ccccc2)O1)OCc1ccccc1. The molecule has 34 heavy (non-hydrogen) atoms. The number of rotatable bonds is 12. The van der Waals surface area contributed by atoms with E-state index in [4.69, 9.17) is 14.2 Å². The molecule has 2 fully saturated rings. The number of hydrogen-bond acceptors (Lipinski definition) is 4. The van der Waals surface area contributed by atoms with Crippen molar-refractivity contribution in [3.8, 4) is 0 Å². The van der Waals surface area contributed by atoms with Crippen LogP contribution in [0.4, 0.5) is 0 Å². The fraction of sp³-hybridized carbons (Fsp3) is 0.567. The van der Waals surface area contributed by atoms with E-state index in [0.29, 0.717) is 37.9 Å². The molecule has 0 unspecified atom stereocenters. The van der Waals surface area contributed by atoms with Gasteiger partial charge < -0.3 is 14.2 Å². The monoisotopic (exact) mass is 464 g/mol. The minimum absolute atomic E-state index is 0.0847. The zero-order valence-electron chi connectivity index (χ0n) is 21.0. The summed E-state index contributed by atoms with van der Waals surface area (Å²) in [7, 11) is 0. The molecule has 0 aromatic heterocycles. The van der Waals surface area contributed by atoms with Crippen LogP contribution >= 0.6 is 0 Å². The molecule has 4 rings (SSSR count). The summed E-state index contributed by atoms with van der Waals surface area (Å²) in [6.45, 7) is 8.07. The van der Waals surface area contributed by atoms with Gasteiger partial charge in [0, 0.05) is 24.9 Å². The first-order valence-corrected chi connectivity index (χ1v) is 12.9. The first kappa shape index (κ1) is 25.1. The van der Waals surface area contributed by atoms with Gasteiger partial charge >= 0.3 is 0 Å². The summed E-state index contributed by atoms with van der Waals surface area (Å²) in [4.78, 5) is 13.1. The van der Waals surface area contributed by atoms with Crippen LogP contribution in [-0.2, 0) is 32.2 Å². The van der Waals surface area contributed by atoms with Crippen molar-refractivity contribution in [3.63, 3.8) is 0 Å². The summed E-state index contributed by atoms with van der Waals surface area (Å²) in [5.41, 5.74) is 1.86. The number of carbonyl (C=O) groups excluding carboxylic acids is 1. The van der Waals surface area contributed by atoms with Gasteiger partial charge in [-0.2, -0.15) is 0 Å². The average Bonchev–Trinajstić information content (AvgIpc) is 3.63. The van der Waals surface area contributed by atoms with Gasteiger partial charge in [-0.25, -0.2) is 0 Å². The second-order valence-electron chi connectivity index (χ2n) is 10.6. The molecule has 0 bridgehead atoms. The van der Waals surface area contributed by atoms with Gasteiger partial charge in [0.1, 0.15) is 5.78 Å². The second kappa shape index (κ2) is 11.6. The minimum Gasteiger partial charge on any atom is -0.377 e. The summed E-state index contributed by atoms with van der Waals surface area (Å²) in [5.74, 6) is 1.61. The Hall–Kier alpha value is -2.01. The summed E-state index contributed by atoms with van der Waals surface area (Å²) >= 11 is 0. The maximum absolute atomic E-state index is 13.1.